The van der Waals surface area contributed by atoms with Gasteiger partial charge in [0.15, 0.2) is 0 Å². The molecule has 0 bridgehead atoms. The van der Waals surface area contributed by atoms with Crippen LogP contribution in [-0.2, 0) is 19.3 Å². The molecule has 0 radical (unpaired) electrons. The normalized spacial score (nSPS) is 12.4. The lowest BCUT2D eigenvalue weighted by molar-refractivity contribution is 0.887. The second-order valence-electron chi connectivity index (χ2n) is 5.56. The summed E-state index contributed by atoms with van der Waals surface area (Å²) in [6.45, 7) is 9.00. The van der Waals surface area contributed by atoms with Crippen molar-refractivity contribution < 1.29 is 0 Å². The minimum absolute atomic E-state index is 0.474. The number of hydrogen-bond acceptors (Lipinski definition) is 0. The SMILES string of the molecule is CCc1ccc(C(C)c2ccc(CC)cc2CC)cc1. The van der Waals surface area contributed by atoms with E-state index in [0.29, 0.717) is 5.92 Å². The maximum atomic E-state index is 2.38. The third-order valence-corrected chi connectivity index (χ3v) is 4.35. The smallest absolute Gasteiger partial charge is 0.00637 e. The highest BCUT2D eigenvalue weighted by Gasteiger charge is 2.12. The highest BCUT2D eigenvalue weighted by molar-refractivity contribution is 5.40. The molecular formula is C20H26. The van der Waals surface area contributed by atoms with E-state index in [9.17, 15) is 0 Å². The molecule has 0 heteroatoms. The molecule has 1 unspecified atom stereocenters. The molecule has 106 valence electrons. The van der Waals surface area contributed by atoms with Crippen molar-refractivity contribution in [3.63, 3.8) is 0 Å². The molecule has 2 aromatic carbocycles. The topological polar surface area (TPSA) is 0 Å². The lowest BCUT2D eigenvalue weighted by Crippen LogP contribution is -2.02. The van der Waals surface area contributed by atoms with Crippen LogP contribution in [0.4, 0.5) is 0 Å². The zero-order chi connectivity index (χ0) is 14.5. The first-order chi connectivity index (χ1) is 9.69. The van der Waals surface area contributed by atoms with E-state index in [0.717, 1.165) is 19.3 Å². The van der Waals surface area contributed by atoms with E-state index in [1.165, 1.54) is 27.8 Å². The first-order valence-corrected chi connectivity index (χ1v) is 7.90. The third-order valence-electron chi connectivity index (χ3n) is 4.35. The van der Waals surface area contributed by atoms with Crippen molar-refractivity contribution in [2.45, 2.75) is 52.9 Å². The molecule has 0 aliphatic rings. The van der Waals surface area contributed by atoms with Gasteiger partial charge in [-0.2, -0.15) is 0 Å². The van der Waals surface area contributed by atoms with Crippen molar-refractivity contribution in [1.29, 1.82) is 0 Å². The second-order valence-corrected chi connectivity index (χ2v) is 5.56. The first-order valence-electron chi connectivity index (χ1n) is 7.90. The van der Waals surface area contributed by atoms with Gasteiger partial charge in [0.1, 0.15) is 0 Å². The minimum Gasteiger partial charge on any atom is -0.0613 e. The lowest BCUT2D eigenvalue weighted by atomic mass is 9.87. The Bertz CT molecular complexity index is 549. The zero-order valence-electron chi connectivity index (χ0n) is 13.2. The quantitative estimate of drug-likeness (QED) is 0.668. The molecule has 0 saturated heterocycles. The van der Waals surface area contributed by atoms with Gasteiger partial charge in [-0.05, 0) is 47.1 Å². The fraction of sp³-hybridized carbons (Fsp3) is 0.400. The Morgan fingerprint density at radius 2 is 1.35 bits per heavy atom. The fourth-order valence-corrected chi connectivity index (χ4v) is 2.83. The summed E-state index contributed by atoms with van der Waals surface area (Å²) in [7, 11) is 0. The standard InChI is InChI=1S/C20H26/c1-5-16-8-11-19(12-9-16)15(4)20-13-10-17(6-2)14-18(20)7-3/h8-15H,5-7H2,1-4H3. The molecule has 0 N–H and O–H groups in total. The summed E-state index contributed by atoms with van der Waals surface area (Å²) >= 11 is 0. The van der Waals surface area contributed by atoms with E-state index in [-0.39, 0.29) is 0 Å². The molecular weight excluding hydrogens is 240 g/mol. The van der Waals surface area contributed by atoms with Crippen molar-refractivity contribution in [3.05, 3.63) is 70.3 Å². The van der Waals surface area contributed by atoms with Gasteiger partial charge in [0, 0.05) is 5.92 Å². The maximum absolute atomic E-state index is 2.38. The van der Waals surface area contributed by atoms with Crippen LogP contribution in [0.25, 0.3) is 0 Å². The van der Waals surface area contributed by atoms with Gasteiger partial charge >= 0.3 is 0 Å². The molecule has 2 rings (SSSR count). The summed E-state index contributed by atoms with van der Waals surface area (Å²) in [5, 5.41) is 0. The highest BCUT2D eigenvalue weighted by Crippen LogP contribution is 2.28. The van der Waals surface area contributed by atoms with Crippen molar-refractivity contribution in [1.82, 2.24) is 0 Å². The second kappa shape index (κ2) is 6.74. The average Bonchev–Trinajstić information content (AvgIpc) is 2.53. The summed E-state index contributed by atoms with van der Waals surface area (Å²) in [5.74, 6) is 0.474. The highest BCUT2D eigenvalue weighted by atomic mass is 14.2. The monoisotopic (exact) mass is 266 g/mol. The Labute approximate surface area is 123 Å². The van der Waals surface area contributed by atoms with Gasteiger partial charge in [-0.3, -0.25) is 0 Å². The molecule has 0 amide bonds. The van der Waals surface area contributed by atoms with Gasteiger partial charge < -0.3 is 0 Å². The van der Waals surface area contributed by atoms with Crippen LogP contribution in [0, 0.1) is 0 Å². The minimum atomic E-state index is 0.474. The third kappa shape index (κ3) is 3.12. The van der Waals surface area contributed by atoms with Gasteiger partial charge in [-0.1, -0.05) is 70.2 Å². The Balaban J connectivity index is 2.33. The summed E-state index contributed by atoms with van der Waals surface area (Å²) < 4.78 is 0. The van der Waals surface area contributed by atoms with Crippen molar-refractivity contribution >= 4 is 0 Å². The van der Waals surface area contributed by atoms with Crippen LogP contribution in [-0.4, -0.2) is 0 Å². The van der Waals surface area contributed by atoms with E-state index in [1.807, 2.05) is 0 Å². The Morgan fingerprint density at radius 1 is 0.750 bits per heavy atom. The molecule has 0 heterocycles. The van der Waals surface area contributed by atoms with E-state index in [1.54, 1.807) is 0 Å². The predicted molar refractivity (Wildman–Crippen MR) is 88.5 cm³/mol. The largest absolute Gasteiger partial charge is 0.0613 e. The van der Waals surface area contributed by atoms with E-state index >= 15 is 0 Å². The van der Waals surface area contributed by atoms with E-state index < -0.39 is 0 Å². The van der Waals surface area contributed by atoms with Crippen LogP contribution in [0.15, 0.2) is 42.5 Å². The Morgan fingerprint density at radius 3 is 1.90 bits per heavy atom. The van der Waals surface area contributed by atoms with Crippen LogP contribution in [0.3, 0.4) is 0 Å². The predicted octanol–water partition coefficient (Wildman–Crippen LogP) is 5.53. The molecule has 0 aromatic heterocycles. The fourth-order valence-electron chi connectivity index (χ4n) is 2.83. The van der Waals surface area contributed by atoms with Crippen LogP contribution in [0.1, 0.15) is 61.4 Å². The maximum Gasteiger partial charge on any atom is 0.00637 e. The summed E-state index contributed by atoms with van der Waals surface area (Å²) in [4.78, 5) is 0. The van der Waals surface area contributed by atoms with E-state index in [4.69, 9.17) is 0 Å². The molecule has 0 spiro atoms. The van der Waals surface area contributed by atoms with Crippen LogP contribution in [0.2, 0.25) is 0 Å². The lowest BCUT2D eigenvalue weighted by Gasteiger charge is -2.18. The van der Waals surface area contributed by atoms with Gasteiger partial charge in [-0.25, -0.2) is 0 Å². The van der Waals surface area contributed by atoms with Gasteiger partial charge in [0.2, 0.25) is 0 Å². The number of rotatable bonds is 5. The Hall–Kier alpha value is -1.56. The number of aryl methyl sites for hydroxylation is 3. The number of hydrogen-bond donors (Lipinski definition) is 0. The first kappa shape index (κ1) is 14.8. The van der Waals surface area contributed by atoms with Crippen LogP contribution >= 0.6 is 0 Å². The molecule has 0 aliphatic carbocycles. The molecule has 0 aliphatic heterocycles. The Kier molecular flexibility index (Phi) is 5.00. The van der Waals surface area contributed by atoms with Crippen LogP contribution in [0.5, 0.6) is 0 Å². The van der Waals surface area contributed by atoms with Crippen LogP contribution < -0.4 is 0 Å². The van der Waals surface area contributed by atoms with Crippen molar-refractivity contribution in [2.24, 2.45) is 0 Å². The molecule has 0 fully saturated rings. The van der Waals surface area contributed by atoms with Gasteiger partial charge in [-0.15, -0.1) is 0 Å². The summed E-state index contributed by atoms with van der Waals surface area (Å²) in [6, 6.07) is 16.1. The average molecular weight is 266 g/mol. The molecule has 20 heavy (non-hydrogen) atoms. The summed E-state index contributed by atoms with van der Waals surface area (Å²) in [5.41, 5.74) is 7.25. The van der Waals surface area contributed by atoms with E-state index in [2.05, 4.69) is 70.2 Å². The van der Waals surface area contributed by atoms with Gasteiger partial charge in [0.25, 0.3) is 0 Å². The summed E-state index contributed by atoms with van der Waals surface area (Å²) in [6.07, 6.45) is 3.34. The number of benzene rings is 2. The van der Waals surface area contributed by atoms with Crippen molar-refractivity contribution in [3.8, 4) is 0 Å². The van der Waals surface area contributed by atoms with Gasteiger partial charge in [0.05, 0.1) is 0 Å². The molecule has 1 atom stereocenters. The zero-order valence-corrected chi connectivity index (χ0v) is 13.2. The molecule has 2 aromatic rings. The molecule has 0 nitrogen and oxygen atoms in total. The molecule has 0 saturated carbocycles. The van der Waals surface area contributed by atoms with Crippen molar-refractivity contribution in [2.75, 3.05) is 0 Å².